The molecule has 0 bridgehead atoms. The second kappa shape index (κ2) is 6.81. The van der Waals surface area contributed by atoms with E-state index in [2.05, 4.69) is 10.1 Å². The maximum Gasteiger partial charge on any atom is 0.421 e. The number of halogens is 1. The molecule has 2 aliphatic rings. The van der Waals surface area contributed by atoms with E-state index in [1.165, 1.54) is 9.80 Å². The van der Waals surface area contributed by atoms with Crippen LogP contribution in [0.1, 0.15) is 22.5 Å². The number of likely N-dealkylation sites (N-methyl/N-ethyl adjacent to an activating group) is 2. The molecule has 9 heteroatoms. The second-order valence-corrected chi connectivity index (χ2v) is 7.76. The number of amidine groups is 1. The number of aliphatic imine (C=N–C) groups is 1. The average Bonchev–Trinajstić information content (AvgIpc) is 3.16. The Morgan fingerprint density at radius 3 is 2.48 bits per heavy atom. The summed E-state index contributed by atoms with van der Waals surface area (Å²) in [6, 6.07) is 6.07. The van der Waals surface area contributed by atoms with Crippen LogP contribution in [0.3, 0.4) is 0 Å². The summed E-state index contributed by atoms with van der Waals surface area (Å²) in [6.07, 6.45) is 0. The van der Waals surface area contributed by atoms with Crippen molar-refractivity contribution in [2.24, 2.45) is 4.99 Å². The van der Waals surface area contributed by atoms with E-state index in [1.807, 2.05) is 32.9 Å². The molecular formula is C20H22ClN6O2+. The molecule has 3 amide bonds. The molecule has 1 fully saturated rings. The van der Waals surface area contributed by atoms with Gasteiger partial charge in [0.15, 0.2) is 0 Å². The number of fused-ring (bicyclic) bond motifs is 1. The molecule has 150 valence electrons. The highest BCUT2D eigenvalue weighted by Gasteiger charge is 2.52. The lowest BCUT2D eigenvalue weighted by Crippen LogP contribution is -2.62. The first-order valence-corrected chi connectivity index (χ1v) is 9.64. The van der Waals surface area contributed by atoms with Gasteiger partial charge in [0, 0.05) is 17.6 Å². The van der Waals surface area contributed by atoms with Gasteiger partial charge in [-0.2, -0.15) is 0 Å². The van der Waals surface area contributed by atoms with Gasteiger partial charge >= 0.3 is 12.0 Å². The minimum absolute atomic E-state index is 0.105. The standard InChI is InChI=1S/C20H22ClN6O2/c1-11-12(2)23-27(13(11)3)19-22-17-16(24(19)4)18(28)26(20(29)25(17)5)10-14-8-6-7-9-15(14)21/h6-9,16H,10H2,1-5H3/q+1. The quantitative estimate of drug-likeness (QED) is 0.708. The Labute approximate surface area is 173 Å². The molecule has 3 heterocycles. The third-order valence-electron chi connectivity index (χ3n) is 5.65. The minimum atomic E-state index is -0.695. The van der Waals surface area contributed by atoms with Crippen LogP contribution in [-0.4, -0.2) is 68.0 Å². The first-order chi connectivity index (χ1) is 13.7. The lowest BCUT2D eigenvalue weighted by molar-refractivity contribution is -0.507. The zero-order valence-corrected chi connectivity index (χ0v) is 17.7. The highest BCUT2D eigenvalue weighted by Crippen LogP contribution is 2.24. The number of hydrogen-bond donors (Lipinski definition) is 0. The summed E-state index contributed by atoms with van der Waals surface area (Å²) in [7, 11) is 3.42. The Hall–Kier alpha value is -3.00. The van der Waals surface area contributed by atoms with Crippen LogP contribution in [-0.2, 0) is 11.3 Å². The molecular weight excluding hydrogens is 392 g/mol. The van der Waals surface area contributed by atoms with Gasteiger partial charge in [-0.25, -0.2) is 9.37 Å². The van der Waals surface area contributed by atoms with E-state index in [0.717, 1.165) is 17.0 Å². The summed E-state index contributed by atoms with van der Waals surface area (Å²) in [5, 5.41) is 5.07. The number of rotatable bonds is 2. The predicted octanol–water partition coefficient (Wildman–Crippen LogP) is 2.18. The number of aryl methyl sites for hydroxylation is 1. The van der Waals surface area contributed by atoms with Crippen LogP contribution in [0.5, 0.6) is 0 Å². The highest BCUT2D eigenvalue weighted by molar-refractivity contribution is 6.31. The third kappa shape index (κ3) is 2.86. The first kappa shape index (κ1) is 19.3. The molecule has 8 nitrogen and oxygen atoms in total. The molecule has 0 aliphatic carbocycles. The minimum Gasteiger partial charge on any atom is -0.270 e. The molecule has 1 aromatic carbocycles. The van der Waals surface area contributed by atoms with Gasteiger partial charge in [-0.1, -0.05) is 34.8 Å². The summed E-state index contributed by atoms with van der Waals surface area (Å²) < 4.78 is 3.49. The fourth-order valence-corrected chi connectivity index (χ4v) is 3.84. The Bertz CT molecular complexity index is 1120. The highest BCUT2D eigenvalue weighted by atomic mass is 35.5. The van der Waals surface area contributed by atoms with Crippen LogP contribution in [0.4, 0.5) is 4.79 Å². The molecule has 0 spiro atoms. The van der Waals surface area contributed by atoms with Gasteiger partial charge in [0.2, 0.25) is 11.9 Å². The molecule has 1 saturated heterocycles. The number of urea groups is 1. The van der Waals surface area contributed by atoms with Crippen molar-refractivity contribution in [3.05, 3.63) is 51.8 Å². The van der Waals surface area contributed by atoms with E-state index in [-0.39, 0.29) is 12.5 Å². The summed E-state index contributed by atoms with van der Waals surface area (Å²) in [4.78, 5) is 33.5. The van der Waals surface area contributed by atoms with Crippen molar-refractivity contribution in [3.8, 4) is 0 Å². The van der Waals surface area contributed by atoms with Crippen LogP contribution in [0.25, 0.3) is 0 Å². The molecule has 4 rings (SSSR count). The van der Waals surface area contributed by atoms with Crippen molar-refractivity contribution in [2.45, 2.75) is 33.4 Å². The van der Waals surface area contributed by atoms with E-state index in [9.17, 15) is 9.59 Å². The Balaban J connectivity index is 1.75. The molecule has 0 N–H and O–H groups in total. The van der Waals surface area contributed by atoms with E-state index < -0.39 is 12.1 Å². The van der Waals surface area contributed by atoms with Crippen LogP contribution < -0.4 is 0 Å². The van der Waals surface area contributed by atoms with Crippen molar-refractivity contribution in [1.29, 1.82) is 0 Å². The van der Waals surface area contributed by atoms with Gasteiger partial charge in [-0.05, 0) is 32.4 Å². The summed E-state index contributed by atoms with van der Waals surface area (Å²) in [5.41, 5.74) is 3.62. The molecule has 1 unspecified atom stereocenters. The molecule has 0 radical (unpaired) electrons. The molecule has 29 heavy (non-hydrogen) atoms. The normalized spacial score (nSPS) is 19.2. The van der Waals surface area contributed by atoms with Gasteiger partial charge in [-0.15, -0.1) is 9.78 Å². The van der Waals surface area contributed by atoms with Crippen LogP contribution in [0, 0.1) is 20.8 Å². The number of nitrogens with zero attached hydrogens (tertiary/aromatic N) is 6. The number of hydrogen-bond acceptors (Lipinski definition) is 4. The Kier molecular flexibility index (Phi) is 4.53. The van der Waals surface area contributed by atoms with Crippen molar-refractivity contribution >= 4 is 35.3 Å². The van der Waals surface area contributed by atoms with E-state index in [0.29, 0.717) is 22.4 Å². The van der Waals surface area contributed by atoms with E-state index in [4.69, 9.17) is 11.6 Å². The monoisotopic (exact) mass is 413 g/mol. The SMILES string of the molecule is Cc1nn(C2=[N+](C)C3C(=O)N(Cc4ccccc4Cl)C(=O)N(C)C3=N2)c(C)c1C. The van der Waals surface area contributed by atoms with Crippen molar-refractivity contribution in [3.63, 3.8) is 0 Å². The number of carbonyl (C=O) groups is 2. The van der Waals surface area contributed by atoms with Gasteiger partial charge in [0.05, 0.1) is 19.3 Å². The van der Waals surface area contributed by atoms with Crippen LogP contribution in [0.15, 0.2) is 29.3 Å². The molecule has 0 saturated carbocycles. The van der Waals surface area contributed by atoms with E-state index >= 15 is 0 Å². The Morgan fingerprint density at radius 2 is 1.86 bits per heavy atom. The molecule has 2 aliphatic heterocycles. The first-order valence-electron chi connectivity index (χ1n) is 9.26. The number of imide groups is 1. The predicted molar refractivity (Wildman–Crippen MR) is 109 cm³/mol. The fourth-order valence-electron chi connectivity index (χ4n) is 3.64. The number of aromatic nitrogens is 2. The fraction of sp³-hybridized carbons (Fsp3) is 0.350. The number of amides is 3. The second-order valence-electron chi connectivity index (χ2n) is 7.35. The smallest absolute Gasteiger partial charge is 0.270 e. The summed E-state index contributed by atoms with van der Waals surface area (Å²) in [6.45, 7) is 5.99. The van der Waals surface area contributed by atoms with Crippen molar-refractivity contribution < 1.29 is 14.2 Å². The Morgan fingerprint density at radius 1 is 1.17 bits per heavy atom. The zero-order chi connectivity index (χ0) is 21.0. The maximum atomic E-state index is 13.3. The topological polar surface area (TPSA) is 73.8 Å². The average molecular weight is 414 g/mol. The van der Waals surface area contributed by atoms with Crippen molar-refractivity contribution in [2.75, 3.05) is 14.1 Å². The molecule has 1 aromatic heterocycles. The molecule has 2 aromatic rings. The summed E-state index contributed by atoms with van der Waals surface area (Å²) >= 11 is 6.24. The summed E-state index contributed by atoms with van der Waals surface area (Å²) in [5.74, 6) is 0.590. The van der Waals surface area contributed by atoms with Gasteiger partial charge in [-0.3, -0.25) is 14.6 Å². The number of carbonyl (C=O) groups excluding carboxylic acids is 2. The van der Waals surface area contributed by atoms with Crippen molar-refractivity contribution in [1.82, 2.24) is 19.6 Å². The number of benzene rings is 1. The van der Waals surface area contributed by atoms with Gasteiger partial charge in [0.1, 0.15) is 5.69 Å². The van der Waals surface area contributed by atoms with E-state index in [1.54, 1.807) is 35.5 Å². The largest absolute Gasteiger partial charge is 0.421 e. The van der Waals surface area contributed by atoms with Crippen LogP contribution in [0.2, 0.25) is 5.02 Å². The van der Waals surface area contributed by atoms with Gasteiger partial charge < -0.3 is 0 Å². The van der Waals surface area contributed by atoms with Crippen LogP contribution >= 0.6 is 11.6 Å². The maximum absolute atomic E-state index is 13.3. The lowest BCUT2D eigenvalue weighted by Gasteiger charge is -2.33. The lowest BCUT2D eigenvalue weighted by atomic mass is 10.1. The van der Waals surface area contributed by atoms with Gasteiger partial charge in [0.25, 0.3) is 5.91 Å². The third-order valence-corrected chi connectivity index (χ3v) is 6.02. The zero-order valence-electron chi connectivity index (χ0n) is 17.0. The molecule has 1 atom stereocenters.